The summed E-state index contributed by atoms with van der Waals surface area (Å²) in [5.74, 6) is -0.734. The predicted octanol–water partition coefficient (Wildman–Crippen LogP) is 4.63. The van der Waals surface area contributed by atoms with E-state index in [2.05, 4.69) is 10.1 Å². The minimum atomic E-state index is -4.73. The Balaban J connectivity index is 2.17. The summed E-state index contributed by atoms with van der Waals surface area (Å²) >= 11 is 5.84. The molecule has 9 heteroatoms. The fraction of sp³-hybridized carbons (Fsp3) is 0.222. The quantitative estimate of drug-likeness (QED) is 0.649. The van der Waals surface area contributed by atoms with Crippen LogP contribution in [0, 0.1) is 12.7 Å². The number of nitrogens with two attached hydrogens (primary N) is 1. The standard InChI is InChI=1S/C18H14ClF4N3O/c1-10-4-15(27-26-10)8-17(24,16-3-2-13(19)9-25-16)11-5-12(18(21,22)23)7-14(20)6-11/h2-7,9H,8,24H2,1H3/t17-/m0/s1. The van der Waals surface area contributed by atoms with Crippen molar-refractivity contribution in [1.82, 2.24) is 10.1 Å². The van der Waals surface area contributed by atoms with Crippen molar-refractivity contribution < 1.29 is 22.1 Å². The van der Waals surface area contributed by atoms with Crippen LogP contribution in [0.4, 0.5) is 17.6 Å². The molecule has 0 aliphatic carbocycles. The zero-order valence-corrected chi connectivity index (χ0v) is 14.8. The highest BCUT2D eigenvalue weighted by Gasteiger charge is 2.37. The van der Waals surface area contributed by atoms with E-state index in [1.165, 1.54) is 18.3 Å². The first-order valence-electron chi connectivity index (χ1n) is 7.79. The lowest BCUT2D eigenvalue weighted by atomic mass is 9.82. The number of aromatic nitrogens is 2. The van der Waals surface area contributed by atoms with Crippen LogP contribution in [0.15, 0.2) is 47.1 Å². The monoisotopic (exact) mass is 399 g/mol. The zero-order valence-electron chi connectivity index (χ0n) is 14.0. The lowest BCUT2D eigenvalue weighted by molar-refractivity contribution is -0.137. The van der Waals surface area contributed by atoms with Crippen LogP contribution < -0.4 is 5.73 Å². The smallest absolute Gasteiger partial charge is 0.361 e. The van der Waals surface area contributed by atoms with E-state index in [-0.39, 0.29) is 17.7 Å². The van der Waals surface area contributed by atoms with Crippen molar-refractivity contribution in [2.24, 2.45) is 5.73 Å². The normalized spacial score (nSPS) is 14.2. The van der Waals surface area contributed by atoms with Gasteiger partial charge in [0, 0.05) is 18.7 Å². The van der Waals surface area contributed by atoms with Crippen molar-refractivity contribution in [3.63, 3.8) is 0 Å². The summed E-state index contributed by atoms with van der Waals surface area (Å²) in [6, 6.07) is 6.75. The van der Waals surface area contributed by atoms with Gasteiger partial charge in [0.25, 0.3) is 0 Å². The van der Waals surface area contributed by atoms with Gasteiger partial charge in [-0.05, 0) is 42.8 Å². The number of rotatable bonds is 4. The van der Waals surface area contributed by atoms with E-state index in [0.29, 0.717) is 22.5 Å². The Labute approximate surface area is 156 Å². The van der Waals surface area contributed by atoms with Crippen molar-refractivity contribution in [1.29, 1.82) is 0 Å². The highest BCUT2D eigenvalue weighted by molar-refractivity contribution is 6.30. The minimum Gasteiger partial charge on any atom is -0.361 e. The highest BCUT2D eigenvalue weighted by Crippen LogP contribution is 2.36. The molecule has 0 spiro atoms. The summed E-state index contributed by atoms with van der Waals surface area (Å²) in [5, 5.41) is 4.08. The van der Waals surface area contributed by atoms with Crippen LogP contribution in [-0.2, 0) is 18.1 Å². The lowest BCUT2D eigenvalue weighted by Gasteiger charge is -2.29. The van der Waals surface area contributed by atoms with Crippen LogP contribution in [0.25, 0.3) is 0 Å². The summed E-state index contributed by atoms with van der Waals surface area (Å²) < 4.78 is 58.6. The molecule has 2 N–H and O–H groups in total. The molecule has 142 valence electrons. The van der Waals surface area contributed by atoms with Crippen molar-refractivity contribution in [3.05, 3.63) is 81.7 Å². The Bertz CT molecular complexity index is 956. The number of hydrogen-bond acceptors (Lipinski definition) is 4. The Morgan fingerprint density at radius 1 is 1.11 bits per heavy atom. The Morgan fingerprint density at radius 3 is 2.37 bits per heavy atom. The molecule has 1 atom stereocenters. The molecule has 1 aromatic carbocycles. The Hall–Kier alpha value is -2.45. The van der Waals surface area contributed by atoms with Crippen LogP contribution >= 0.6 is 11.6 Å². The third-order valence-electron chi connectivity index (χ3n) is 4.05. The molecule has 4 nitrogen and oxygen atoms in total. The van der Waals surface area contributed by atoms with Crippen LogP contribution in [0.2, 0.25) is 5.02 Å². The SMILES string of the molecule is Cc1cc(C[C@](N)(c2cc(F)cc(C(F)(F)F)c2)c2ccc(Cl)cn2)on1. The van der Waals surface area contributed by atoms with Gasteiger partial charge in [0.1, 0.15) is 11.6 Å². The number of benzene rings is 1. The number of aryl methyl sites for hydroxylation is 1. The number of alkyl halides is 3. The van der Waals surface area contributed by atoms with E-state index in [9.17, 15) is 17.6 Å². The second-order valence-electron chi connectivity index (χ2n) is 6.17. The van der Waals surface area contributed by atoms with Gasteiger partial charge in [-0.2, -0.15) is 13.2 Å². The van der Waals surface area contributed by atoms with Gasteiger partial charge < -0.3 is 10.3 Å². The molecule has 0 fully saturated rings. The molecule has 0 amide bonds. The summed E-state index contributed by atoms with van der Waals surface area (Å²) in [4.78, 5) is 4.13. The van der Waals surface area contributed by atoms with Crippen molar-refractivity contribution in [3.8, 4) is 0 Å². The van der Waals surface area contributed by atoms with Gasteiger partial charge in [-0.1, -0.05) is 16.8 Å². The number of nitrogens with zero attached hydrogens (tertiary/aromatic N) is 2. The second-order valence-corrected chi connectivity index (χ2v) is 6.61. The molecule has 27 heavy (non-hydrogen) atoms. The van der Waals surface area contributed by atoms with Crippen LogP contribution in [-0.4, -0.2) is 10.1 Å². The topological polar surface area (TPSA) is 64.9 Å². The van der Waals surface area contributed by atoms with Crippen molar-refractivity contribution >= 4 is 11.6 Å². The molecule has 0 radical (unpaired) electrons. The van der Waals surface area contributed by atoms with E-state index in [1.54, 1.807) is 13.0 Å². The highest BCUT2D eigenvalue weighted by atomic mass is 35.5. The fourth-order valence-electron chi connectivity index (χ4n) is 2.77. The molecule has 0 saturated carbocycles. The summed E-state index contributed by atoms with van der Waals surface area (Å²) in [6.07, 6.45) is -3.49. The molecule has 0 aliphatic heterocycles. The third-order valence-corrected chi connectivity index (χ3v) is 4.28. The molecule has 3 aromatic rings. The molecule has 0 aliphatic rings. The van der Waals surface area contributed by atoms with E-state index in [1.807, 2.05) is 0 Å². The first-order valence-corrected chi connectivity index (χ1v) is 8.17. The van der Waals surface area contributed by atoms with E-state index in [4.69, 9.17) is 21.9 Å². The lowest BCUT2D eigenvalue weighted by Crippen LogP contribution is -2.41. The van der Waals surface area contributed by atoms with E-state index >= 15 is 0 Å². The van der Waals surface area contributed by atoms with Gasteiger partial charge in [0.15, 0.2) is 0 Å². The molecular weight excluding hydrogens is 386 g/mol. The third kappa shape index (κ3) is 4.12. The van der Waals surface area contributed by atoms with Crippen LogP contribution in [0.1, 0.15) is 28.3 Å². The average molecular weight is 400 g/mol. The second kappa shape index (κ2) is 6.94. The van der Waals surface area contributed by atoms with Crippen molar-refractivity contribution in [2.75, 3.05) is 0 Å². The van der Waals surface area contributed by atoms with Crippen molar-refractivity contribution in [2.45, 2.75) is 25.1 Å². The maximum absolute atomic E-state index is 14.0. The number of halogens is 5. The minimum absolute atomic E-state index is 0.0801. The molecule has 0 bridgehead atoms. The predicted molar refractivity (Wildman–Crippen MR) is 90.6 cm³/mol. The van der Waals surface area contributed by atoms with Gasteiger partial charge in [-0.15, -0.1) is 0 Å². The van der Waals surface area contributed by atoms with Gasteiger partial charge >= 0.3 is 6.18 Å². The van der Waals surface area contributed by atoms with Crippen LogP contribution in [0.3, 0.4) is 0 Å². The summed E-state index contributed by atoms with van der Waals surface area (Å²) in [7, 11) is 0. The maximum Gasteiger partial charge on any atom is 0.416 e. The largest absolute Gasteiger partial charge is 0.416 e. The number of pyridine rings is 1. The zero-order chi connectivity index (χ0) is 19.8. The molecule has 2 heterocycles. The van der Waals surface area contributed by atoms with Gasteiger partial charge in [0.05, 0.1) is 27.5 Å². The fourth-order valence-corrected chi connectivity index (χ4v) is 2.88. The average Bonchev–Trinajstić information content (AvgIpc) is 2.98. The Morgan fingerprint density at radius 2 is 1.81 bits per heavy atom. The summed E-state index contributed by atoms with van der Waals surface area (Å²) in [5.41, 5.74) is 4.43. The molecular formula is C18H14ClF4N3O. The first kappa shape index (κ1) is 19.3. The van der Waals surface area contributed by atoms with Gasteiger partial charge in [0.2, 0.25) is 0 Å². The van der Waals surface area contributed by atoms with E-state index < -0.39 is 23.1 Å². The maximum atomic E-state index is 14.0. The summed E-state index contributed by atoms with van der Waals surface area (Å²) in [6.45, 7) is 1.69. The molecule has 2 aromatic heterocycles. The molecule has 0 saturated heterocycles. The number of hydrogen-bond donors (Lipinski definition) is 1. The van der Waals surface area contributed by atoms with Gasteiger partial charge in [-0.3, -0.25) is 4.98 Å². The van der Waals surface area contributed by atoms with Crippen LogP contribution in [0.5, 0.6) is 0 Å². The van der Waals surface area contributed by atoms with E-state index in [0.717, 1.165) is 12.1 Å². The Kier molecular flexibility index (Phi) is 4.96. The molecule has 3 rings (SSSR count). The molecule has 0 unspecified atom stereocenters. The first-order chi connectivity index (χ1) is 12.6. The van der Waals surface area contributed by atoms with Gasteiger partial charge in [-0.25, -0.2) is 4.39 Å².